The molecule has 2 aliphatic rings. The summed E-state index contributed by atoms with van der Waals surface area (Å²) in [5.74, 6) is -0.564. The zero-order valence-electron chi connectivity index (χ0n) is 17.1. The summed E-state index contributed by atoms with van der Waals surface area (Å²) in [5.41, 5.74) is 0.673. The van der Waals surface area contributed by atoms with Gasteiger partial charge in [0.2, 0.25) is 0 Å². The van der Waals surface area contributed by atoms with Gasteiger partial charge >= 0.3 is 0 Å². The molecule has 0 radical (unpaired) electrons. The van der Waals surface area contributed by atoms with Crippen molar-refractivity contribution in [3.8, 4) is 12.1 Å². The van der Waals surface area contributed by atoms with Gasteiger partial charge in [0, 0.05) is 22.0 Å². The molecule has 2 aromatic rings. The van der Waals surface area contributed by atoms with Crippen molar-refractivity contribution in [3.63, 3.8) is 0 Å². The van der Waals surface area contributed by atoms with Crippen molar-refractivity contribution in [2.24, 2.45) is 10.8 Å². The van der Waals surface area contributed by atoms with Crippen molar-refractivity contribution >= 4 is 27.8 Å². The highest BCUT2D eigenvalue weighted by Crippen LogP contribution is 2.60. The first-order chi connectivity index (χ1) is 14.2. The molecule has 0 spiro atoms. The topological polar surface area (TPSA) is 67.9 Å². The summed E-state index contributed by atoms with van der Waals surface area (Å²) in [6.45, 7) is 5.67. The van der Waals surface area contributed by atoms with Gasteiger partial charge in [0.15, 0.2) is 11.2 Å². The maximum atomic E-state index is 13.7. The molecule has 0 amide bonds. The third-order valence-corrected chi connectivity index (χ3v) is 6.65. The number of fused-ring (bicyclic) bond motifs is 3. The largest absolute Gasteiger partial charge is 0.357 e. The van der Waals surface area contributed by atoms with E-state index in [-0.39, 0.29) is 5.78 Å². The predicted molar refractivity (Wildman–Crippen MR) is 119 cm³/mol. The minimum atomic E-state index is -1.41. The molecular weight excluding hydrogens is 438 g/mol. The average molecular weight is 460 g/mol. The third-order valence-electron chi connectivity index (χ3n) is 6.16. The second-order valence-corrected chi connectivity index (χ2v) is 9.89. The van der Waals surface area contributed by atoms with Crippen LogP contribution in [0.1, 0.15) is 49.4 Å². The Morgan fingerprint density at radius 3 is 2.43 bits per heavy atom. The van der Waals surface area contributed by atoms with Gasteiger partial charge in [-0.2, -0.15) is 10.5 Å². The van der Waals surface area contributed by atoms with E-state index in [0.29, 0.717) is 0 Å². The summed E-state index contributed by atoms with van der Waals surface area (Å²) < 4.78 is 0.854. The van der Waals surface area contributed by atoms with Crippen LogP contribution >= 0.6 is 15.9 Å². The van der Waals surface area contributed by atoms with Gasteiger partial charge < -0.3 is 4.90 Å². The highest BCUT2D eigenvalue weighted by atomic mass is 79.9. The minimum Gasteiger partial charge on any atom is -0.357 e. The van der Waals surface area contributed by atoms with E-state index in [0.717, 1.165) is 21.2 Å². The van der Waals surface area contributed by atoms with E-state index in [1.165, 1.54) is 0 Å². The van der Waals surface area contributed by atoms with Gasteiger partial charge in [0.25, 0.3) is 0 Å². The van der Waals surface area contributed by atoms with E-state index >= 15 is 0 Å². The van der Waals surface area contributed by atoms with Gasteiger partial charge in [-0.15, -0.1) is 0 Å². The number of nitrogens with zero attached hydrogens (tertiary/aromatic N) is 3. The van der Waals surface area contributed by atoms with E-state index < -0.39 is 28.8 Å². The molecule has 0 aromatic heterocycles. The molecule has 0 N–H and O–H groups in total. The maximum absolute atomic E-state index is 13.7. The van der Waals surface area contributed by atoms with Gasteiger partial charge in [-0.05, 0) is 34.9 Å². The van der Waals surface area contributed by atoms with Crippen LogP contribution in [-0.4, -0.2) is 16.7 Å². The Bertz CT molecular complexity index is 1120. The highest BCUT2D eigenvalue weighted by molar-refractivity contribution is 9.10. The molecule has 4 rings (SSSR count). The summed E-state index contributed by atoms with van der Waals surface area (Å²) in [6, 6.07) is 19.0. The Morgan fingerprint density at radius 1 is 1.10 bits per heavy atom. The molecule has 2 heterocycles. The SMILES string of the molecule is CC(C)(C)C(=O)[C@@H]1[C@@H](c2cccc(Br)c2)C(C#N)(C#N)[C@@H]2c3ccccc3C=CN12. The molecule has 0 unspecified atom stereocenters. The Labute approximate surface area is 185 Å². The lowest BCUT2D eigenvalue weighted by Gasteiger charge is -2.36. The molecule has 30 heavy (non-hydrogen) atoms. The predicted octanol–water partition coefficient (Wildman–Crippen LogP) is 5.59. The van der Waals surface area contributed by atoms with Crippen molar-refractivity contribution in [3.05, 3.63) is 75.9 Å². The number of hydrogen-bond donors (Lipinski definition) is 0. The number of nitriles is 2. The number of hydrogen-bond acceptors (Lipinski definition) is 4. The molecule has 2 aromatic carbocycles. The van der Waals surface area contributed by atoms with Crippen molar-refractivity contribution in [1.82, 2.24) is 4.90 Å². The normalized spacial score (nSPS) is 23.8. The zero-order valence-corrected chi connectivity index (χ0v) is 18.7. The van der Waals surface area contributed by atoms with E-state index in [9.17, 15) is 15.3 Å². The second kappa shape index (κ2) is 7.11. The highest BCUT2D eigenvalue weighted by Gasteiger charge is 2.64. The fourth-order valence-electron chi connectivity index (χ4n) is 4.81. The summed E-state index contributed by atoms with van der Waals surface area (Å²) in [6.07, 6.45) is 3.86. The van der Waals surface area contributed by atoms with Crippen LogP contribution in [0.4, 0.5) is 0 Å². The van der Waals surface area contributed by atoms with Crippen molar-refractivity contribution < 1.29 is 4.79 Å². The van der Waals surface area contributed by atoms with Crippen LogP contribution in [0.15, 0.2) is 59.2 Å². The minimum absolute atomic E-state index is 0.0221. The quantitative estimate of drug-likeness (QED) is 0.586. The number of carbonyl (C=O) groups is 1. The van der Waals surface area contributed by atoms with Crippen LogP contribution in [0.5, 0.6) is 0 Å². The summed E-state index contributed by atoms with van der Waals surface area (Å²) >= 11 is 3.51. The number of rotatable bonds is 2. The van der Waals surface area contributed by atoms with Crippen molar-refractivity contribution in [1.29, 1.82) is 10.5 Å². The lowest BCUT2D eigenvalue weighted by atomic mass is 9.66. The molecule has 4 nitrogen and oxygen atoms in total. The first-order valence-corrected chi connectivity index (χ1v) is 10.7. The first-order valence-electron chi connectivity index (χ1n) is 9.91. The molecule has 0 saturated carbocycles. The molecule has 1 saturated heterocycles. The lowest BCUT2D eigenvalue weighted by Crippen LogP contribution is -2.43. The van der Waals surface area contributed by atoms with Crippen LogP contribution in [0, 0.1) is 33.5 Å². The number of halogens is 1. The summed E-state index contributed by atoms with van der Waals surface area (Å²) in [4.78, 5) is 15.7. The molecule has 5 heteroatoms. The Kier molecular flexibility index (Phi) is 4.83. The summed E-state index contributed by atoms with van der Waals surface area (Å²) in [7, 11) is 0. The Balaban J connectivity index is 2.03. The lowest BCUT2D eigenvalue weighted by molar-refractivity contribution is -0.130. The molecule has 0 aliphatic carbocycles. The molecule has 0 bridgehead atoms. The number of Topliss-reactive ketones (excluding diaryl/α,β-unsaturated/α-hetero) is 1. The molecule has 2 aliphatic heterocycles. The fourth-order valence-corrected chi connectivity index (χ4v) is 5.23. The van der Waals surface area contributed by atoms with Gasteiger partial charge in [-0.3, -0.25) is 4.79 Å². The van der Waals surface area contributed by atoms with Crippen LogP contribution < -0.4 is 0 Å². The molecule has 3 atom stereocenters. The van der Waals surface area contributed by atoms with E-state index in [4.69, 9.17) is 0 Å². The second-order valence-electron chi connectivity index (χ2n) is 8.98. The van der Waals surface area contributed by atoms with Gasteiger partial charge in [-0.1, -0.05) is 73.1 Å². The van der Waals surface area contributed by atoms with Gasteiger partial charge in [0.1, 0.15) is 0 Å². The van der Waals surface area contributed by atoms with E-state index in [1.807, 2.05) is 86.5 Å². The van der Waals surface area contributed by atoms with Crippen LogP contribution in [-0.2, 0) is 4.79 Å². The smallest absolute Gasteiger partial charge is 0.177 e. The number of benzene rings is 2. The fraction of sp³-hybridized carbons (Fsp3) is 0.320. The van der Waals surface area contributed by atoms with Crippen molar-refractivity contribution in [2.75, 3.05) is 0 Å². The van der Waals surface area contributed by atoms with Gasteiger partial charge in [-0.25, -0.2) is 0 Å². The van der Waals surface area contributed by atoms with E-state index in [2.05, 4.69) is 28.1 Å². The van der Waals surface area contributed by atoms with Crippen LogP contribution in [0.2, 0.25) is 0 Å². The summed E-state index contributed by atoms with van der Waals surface area (Å²) in [5, 5.41) is 20.9. The first kappa shape index (κ1) is 20.4. The average Bonchev–Trinajstić information content (AvgIpc) is 3.03. The van der Waals surface area contributed by atoms with Crippen LogP contribution in [0.3, 0.4) is 0 Å². The van der Waals surface area contributed by atoms with Crippen LogP contribution in [0.25, 0.3) is 6.08 Å². The molecular formula is C25H22BrN3O. The van der Waals surface area contributed by atoms with Crippen molar-refractivity contribution in [2.45, 2.75) is 38.8 Å². The molecule has 1 fully saturated rings. The number of ketones is 1. The Hall–Kier alpha value is -2.89. The maximum Gasteiger partial charge on any atom is 0.177 e. The zero-order chi connectivity index (χ0) is 21.7. The number of carbonyl (C=O) groups excluding carboxylic acids is 1. The molecule has 150 valence electrons. The standard InChI is InChI=1S/C25H22BrN3O/c1-24(2,3)23(30)21-20(17-8-6-9-18(26)13-17)25(14-27,15-28)22-19-10-5-4-7-16(19)11-12-29(21)22/h4-13,20-22H,1-3H3/t20-,21+,22+/m1/s1. The monoisotopic (exact) mass is 459 g/mol. The van der Waals surface area contributed by atoms with Gasteiger partial charge in [0.05, 0.1) is 24.2 Å². The third kappa shape index (κ3) is 2.89. The van der Waals surface area contributed by atoms with E-state index in [1.54, 1.807) is 0 Å². The Morgan fingerprint density at radius 2 is 1.80 bits per heavy atom.